The monoisotopic (exact) mass is 261 g/mol. The third kappa shape index (κ3) is 3.28. The summed E-state index contributed by atoms with van der Waals surface area (Å²) in [6.07, 6.45) is 1.90. The van der Waals surface area contributed by atoms with Gasteiger partial charge in [0, 0.05) is 11.9 Å². The van der Waals surface area contributed by atoms with E-state index >= 15 is 0 Å². The Hall–Kier alpha value is -1.94. The van der Waals surface area contributed by atoms with Crippen LogP contribution in [0.25, 0.3) is 0 Å². The Morgan fingerprint density at radius 1 is 1.33 bits per heavy atom. The van der Waals surface area contributed by atoms with Crippen LogP contribution in [0.15, 0.2) is 36.5 Å². The van der Waals surface area contributed by atoms with Crippen molar-refractivity contribution in [2.45, 2.75) is 13.3 Å². The first-order valence-corrected chi connectivity index (χ1v) is 5.86. The number of amides is 1. The van der Waals surface area contributed by atoms with Gasteiger partial charge in [-0.25, -0.2) is 4.98 Å². The van der Waals surface area contributed by atoms with Crippen molar-refractivity contribution < 1.29 is 4.79 Å². The number of carbonyl (C=O) groups excluding carboxylic acids is 1. The first kappa shape index (κ1) is 12.5. The van der Waals surface area contributed by atoms with Crippen LogP contribution in [-0.4, -0.2) is 15.9 Å². The minimum atomic E-state index is -0.124. The molecule has 2 aromatic rings. The Labute approximate surface area is 110 Å². The zero-order valence-corrected chi connectivity index (χ0v) is 10.6. The highest BCUT2D eigenvalue weighted by molar-refractivity contribution is 6.29. The smallest absolute Gasteiger partial charge is 0.230 e. The van der Waals surface area contributed by atoms with E-state index in [1.54, 1.807) is 25.3 Å². The van der Waals surface area contributed by atoms with Crippen LogP contribution in [0.2, 0.25) is 5.15 Å². The lowest BCUT2D eigenvalue weighted by molar-refractivity contribution is -0.115. The zero-order valence-electron chi connectivity index (χ0n) is 9.85. The molecule has 2 rings (SSSR count). The van der Waals surface area contributed by atoms with Crippen LogP contribution in [-0.2, 0) is 11.2 Å². The molecule has 0 bridgehead atoms. The fourth-order valence-corrected chi connectivity index (χ4v) is 1.71. The minimum Gasteiger partial charge on any atom is -0.324 e. The summed E-state index contributed by atoms with van der Waals surface area (Å²) in [5.41, 5.74) is 2.09. The summed E-state index contributed by atoms with van der Waals surface area (Å²) in [6, 6.07) is 8.86. The number of hydrogen-bond acceptors (Lipinski definition) is 3. The quantitative estimate of drug-likeness (QED) is 0.864. The zero-order chi connectivity index (χ0) is 13.0. The van der Waals surface area contributed by atoms with Crippen LogP contribution in [0, 0.1) is 6.92 Å². The highest BCUT2D eigenvalue weighted by Crippen LogP contribution is 2.15. The lowest BCUT2D eigenvalue weighted by atomic mass is 10.2. The van der Waals surface area contributed by atoms with Crippen molar-refractivity contribution in [3.05, 3.63) is 53.1 Å². The Bertz CT molecular complexity index is 557. The van der Waals surface area contributed by atoms with Crippen molar-refractivity contribution >= 4 is 23.2 Å². The second-order valence-electron chi connectivity index (χ2n) is 3.81. The molecule has 0 spiro atoms. The molecule has 18 heavy (non-hydrogen) atoms. The number of hydrogen-bond donors (Lipinski definition) is 1. The van der Waals surface area contributed by atoms with Gasteiger partial charge in [-0.3, -0.25) is 9.78 Å². The molecule has 5 heteroatoms. The molecule has 0 atom stereocenters. The largest absolute Gasteiger partial charge is 0.324 e. The summed E-state index contributed by atoms with van der Waals surface area (Å²) >= 11 is 5.75. The molecule has 0 aliphatic carbocycles. The summed E-state index contributed by atoms with van der Waals surface area (Å²) in [4.78, 5) is 20.0. The SMILES string of the molecule is Cc1nc(Cl)ccc1NC(=O)Cc1ccccn1. The number of aryl methyl sites for hydroxylation is 1. The Kier molecular flexibility index (Phi) is 3.89. The molecule has 0 fully saturated rings. The number of aromatic nitrogens is 2. The first-order valence-electron chi connectivity index (χ1n) is 5.48. The lowest BCUT2D eigenvalue weighted by Gasteiger charge is -2.07. The molecule has 2 heterocycles. The second-order valence-corrected chi connectivity index (χ2v) is 4.20. The van der Waals surface area contributed by atoms with Gasteiger partial charge in [-0.1, -0.05) is 17.7 Å². The maximum absolute atomic E-state index is 11.8. The molecule has 0 aliphatic heterocycles. The average Bonchev–Trinajstić information content (AvgIpc) is 2.34. The molecule has 4 nitrogen and oxygen atoms in total. The number of halogens is 1. The molecule has 1 N–H and O–H groups in total. The molecule has 0 radical (unpaired) electrons. The van der Waals surface area contributed by atoms with Crippen LogP contribution in [0.1, 0.15) is 11.4 Å². The van der Waals surface area contributed by atoms with E-state index in [1.807, 2.05) is 18.2 Å². The Balaban J connectivity index is 2.03. The Morgan fingerprint density at radius 2 is 2.17 bits per heavy atom. The summed E-state index contributed by atoms with van der Waals surface area (Å²) in [7, 11) is 0. The topological polar surface area (TPSA) is 54.9 Å². The molecule has 0 aliphatic rings. The van der Waals surface area contributed by atoms with E-state index in [0.717, 1.165) is 5.69 Å². The van der Waals surface area contributed by atoms with E-state index in [9.17, 15) is 4.79 Å². The number of nitrogens with one attached hydrogen (secondary N) is 1. The molecule has 2 aromatic heterocycles. The van der Waals surface area contributed by atoms with Crippen molar-refractivity contribution in [1.82, 2.24) is 9.97 Å². The molecule has 0 saturated heterocycles. The molecule has 0 saturated carbocycles. The number of carbonyl (C=O) groups is 1. The summed E-state index contributed by atoms with van der Waals surface area (Å²) < 4.78 is 0. The fraction of sp³-hybridized carbons (Fsp3) is 0.154. The molecular formula is C13H12ClN3O. The van der Waals surface area contributed by atoms with Gasteiger partial charge in [-0.2, -0.15) is 0 Å². The predicted molar refractivity (Wildman–Crippen MR) is 70.6 cm³/mol. The highest BCUT2D eigenvalue weighted by atomic mass is 35.5. The van der Waals surface area contributed by atoms with Gasteiger partial charge >= 0.3 is 0 Å². The molecule has 92 valence electrons. The number of nitrogens with zero attached hydrogens (tertiary/aromatic N) is 2. The van der Waals surface area contributed by atoms with E-state index < -0.39 is 0 Å². The van der Waals surface area contributed by atoms with Crippen molar-refractivity contribution in [1.29, 1.82) is 0 Å². The van der Waals surface area contributed by atoms with Gasteiger partial charge < -0.3 is 5.32 Å². The number of rotatable bonds is 3. The molecule has 1 amide bonds. The lowest BCUT2D eigenvalue weighted by Crippen LogP contribution is -2.16. The Morgan fingerprint density at radius 3 is 2.83 bits per heavy atom. The van der Waals surface area contributed by atoms with Crippen LogP contribution in [0.3, 0.4) is 0 Å². The van der Waals surface area contributed by atoms with Gasteiger partial charge in [0.1, 0.15) is 5.15 Å². The predicted octanol–water partition coefficient (Wildman–Crippen LogP) is 2.62. The minimum absolute atomic E-state index is 0.124. The van der Waals surface area contributed by atoms with E-state index in [4.69, 9.17) is 11.6 Å². The molecular weight excluding hydrogens is 250 g/mol. The van der Waals surface area contributed by atoms with E-state index in [2.05, 4.69) is 15.3 Å². The molecule has 0 aromatic carbocycles. The van der Waals surface area contributed by atoms with Crippen molar-refractivity contribution in [2.75, 3.05) is 5.32 Å². The normalized spacial score (nSPS) is 10.1. The fourth-order valence-electron chi connectivity index (χ4n) is 1.52. The maximum Gasteiger partial charge on any atom is 0.230 e. The van der Waals surface area contributed by atoms with E-state index in [0.29, 0.717) is 16.5 Å². The molecule has 0 unspecified atom stereocenters. The number of anilines is 1. The summed E-state index contributed by atoms with van der Waals surface area (Å²) in [5.74, 6) is -0.124. The van der Waals surface area contributed by atoms with Crippen LogP contribution < -0.4 is 5.32 Å². The van der Waals surface area contributed by atoms with Crippen molar-refractivity contribution in [3.8, 4) is 0 Å². The van der Waals surface area contributed by atoms with Gasteiger partial charge in [-0.05, 0) is 31.2 Å². The van der Waals surface area contributed by atoms with E-state index in [-0.39, 0.29) is 12.3 Å². The van der Waals surface area contributed by atoms with Crippen molar-refractivity contribution in [2.24, 2.45) is 0 Å². The van der Waals surface area contributed by atoms with E-state index in [1.165, 1.54) is 0 Å². The van der Waals surface area contributed by atoms with Gasteiger partial charge in [0.15, 0.2) is 0 Å². The third-order valence-electron chi connectivity index (χ3n) is 2.39. The maximum atomic E-state index is 11.8. The highest BCUT2D eigenvalue weighted by Gasteiger charge is 2.07. The van der Waals surface area contributed by atoms with Crippen LogP contribution >= 0.6 is 11.6 Å². The first-order chi connectivity index (χ1) is 8.65. The van der Waals surface area contributed by atoms with Gasteiger partial charge in [0.2, 0.25) is 5.91 Å². The van der Waals surface area contributed by atoms with Gasteiger partial charge in [0.25, 0.3) is 0 Å². The third-order valence-corrected chi connectivity index (χ3v) is 2.60. The number of pyridine rings is 2. The van der Waals surface area contributed by atoms with Crippen molar-refractivity contribution in [3.63, 3.8) is 0 Å². The van der Waals surface area contributed by atoms with Gasteiger partial charge in [0.05, 0.1) is 17.8 Å². The second kappa shape index (κ2) is 5.60. The standard InChI is InChI=1S/C13H12ClN3O/c1-9-11(5-6-12(14)16-9)17-13(18)8-10-4-2-3-7-15-10/h2-7H,8H2,1H3,(H,17,18). The van der Waals surface area contributed by atoms with Gasteiger partial charge in [-0.15, -0.1) is 0 Å². The summed E-state index contributed by atoms with van der Waals surface area (Å²) in [5, 5.41) is 3.20. The van der Waals surface area contributed by atoms with Crippen LogP contribution in [0.4, 0.5) is 5.69 Å². The van der Waals surface area contributed by atoms with Crippen LogP contribution in [0.5, 0.6) is 0 Å². The average molecular weight is 262 g/mol. The summed E-state index contributed by atoms with van der Waals surface area (Å²) in [6.45, 7) is 1.79.